The van der Waals surface area contributed by atoms with Crippen LogP contribution in [0.4, 0.5) is 27.6 Å². The van der Waals surface area contributed by atoms with E-state index in [4.69, 9.17) is 0 Å². The molecule has 30 heavy (non-hydrogen) atoms. The molecule has 6 nitrogen and oxygen atoms in total. The standard InChI is InChI=1S/C19H14F5N5O/c20-12-2-1-3-14-11(12)4-5-15(19(30)29(14)18(24)17(22)23)28-9-13(26-27-28)10-6-7-25-16(21)8-10/h1-3,6-9,15,17-18H,4-5H2. The topological polar surface area (TPSA) is 63.9 Å². The molecule has 0 aliphatic carbocycles. The monoisotopic (exact) mass is 423 g/mol. The van der Waals surface area contributed by atoms with Gasteiger partial charge in [-0.15, -0.1) is 5.10 Å². The number of hydrogen-bond donors (Lipinski definition) is 0. The molecular formula is C19H14F5N5O. The lowest BCUT2D eigenvalue weighted by molar-refractivity contribution is -0.124. The van der Waals surface area contributed by atoms with E-state index in [0.29, 0.717) is 5.56 Å². The lowest BCUT2D eigenvalue weighted by Crippen LogP contribution is -2.45. The van der Waals surface area contributed by atoms with Crippen molar-refractivity contribution in [3.05, 3.63) is 60.1 Å². The van der Waals surface area contributed by atoms with Crippen molar-refractivity contribution in [2.24, 2.45) is 0 Å². The fourth-order valence-electron chi connectivity index (χ4n) is 3.44. The summed E-state index contributed by atoms with van der Waals surface area (Å²) < 4.78 is 69.5. The third kappa shape index (κ3) is 3.51. The van der Waals surface area contributed by atoms with Gasteiger partial charge < -0.3 is 0 Å². The van der Waals surface area contributed by atoms with Crippen LogP contribution in [0, 0.1) is 11.8 Å². The SMILES string of the molecule is O=C1C(n2cc(-c3ccnc(F)c3)nn2)CCc2c(F)cccc2N1C(F)C(F)F. The van der Waals surface area contributed by atoms with Crippen LogP contribution in [0.15, 0.2) is 42.7 Å². The van der Waals surface area contributed by atoms with Crippen molar-refractivity contribution in [3.63, 3.8) is 0 Å². The fraction of sp³-hybridized carbons (Fsp3) is 0.263. The van der Waals surface area contributed by atoms with Crippen molar-refractivity contribution >= 4 is 11.6 Å². The van der Waals surface area contributed by atoms with Gasteiger partial charge in [0.15, 0.2) is 0 Å². The number of aromatic nitrogens is 4. The van der Waals surface area contributed by atoms with Crippen LogP contribution in [0.1, 0.15) is 18.0 Å². The van der Waals surface area contributed by atoms with Gasteiger partial charge in [0.25, 0.3) is 12.3 Å². The molecule has 2 aromatic heterocycles. The van der Waals surface area contributed by atoms with Crippen LogP contribution in [0.2, 0.25) is 0 Å². The molecule has 11 heteroatoms. The number of halogens is 5. The van der Waals surface area contributed by atoms with Crippen LogP contribution in [0.5, 0.6) is 0 Å². The number of anilines is 1. The smallest absolute Gasteiger partial charge is 0.274 e. The molecule has 3 heterocycles. The predicted octanol–water partition coefficient (Wildman–Crippen LogP) is 3.70. The third-order valence-corrected chi connectivity index (χ3v) is 4.85. The number of amides is 1. The van der Waals surface area contributed by atoms with E-state index in [-0.39, 0.29) is 34.7 Å². The van der Waals surface area contributed by atoms with Gasteiger partial charge >= 0.3 is 0 Å². The first-order valence-electron chi connectivity index (χ1n) is 8.93. The molecule has 1 aliphatic rings. The van der Waals surface area contributed by atoms with Crippen LogP contribution in [-0.2, 0) is 11.2 Å². The molecule has 1 amide bonds. The number of alkyl halides is 3. The van der Waals surface area contributed by atoms with E-state index < -0.39 is 36.4 Å². The van der Waals surface area contributed by atoms with Crippen molar-refractivity contribution < 1.29 is 26.7 Å². The van der Waals surface area contributed by atoms with Gasteiger partial charge in [-0.25, -0.2) is 27.2 Å². The minimum Gasteiger partial charge on any atom is -0.274 e. The first kappa shape index (κ1) is 19.9. The van der Waals surface area contributed by atoms with E-state index >= 15 is 0 Å². The summed E-state index contributed by atoms with van der Waals surface area (Å²) in [5.74, 6) is -2.48. The highest BCUT2D eigenvalue weighted by Gasteiger charge is 2.40. The summed E-state index contributed by atoms with van der Waals surface area (Å²) in [6, 6.07) is 4.93. The maximum absolute atomic E-state index is 14.4. The average molecular weight is 423 g/mol. The Morgan fingerprint density at radius 3 is 2.67 bits per heavy atom. The maximum atomic E-state index is 14.4. The third-order valence-electron chi connectivity index (χ3n) is 4.85. The van der Waals surface area contributed by atoms with E-state index in [2.05, 4.69) is 15.3 Å². The summed E-state index contributed by atoms with van der Waals surface area (Å²) in [5, 5.41) is 7.71. The first-order valence-corrected chi connectivity index (χ1v) is 8.93. The summed E-state index contributed by atoms with van der Waals surface area (Å²) in [5.41, 5.74) is 0.256. The van der Waals surface area contributed by atoms with Gasteiger partial charge in [0.05, 0.1) is 11.9 Å². The van der Waals surface area contributed by atoms with Crippen LogP contribution < -0.4 is 4.90 Å². The van der Waals surface area contributed by atoms with Crippen LogP contribution in [0.3, 0.4) is 0 Å². The van der Waals surface area contributed by atoms with Gasteiger partial charge in [-0.2, -0.15) is 4.39 Å². The fourth-order valence-corrected chi connectivity index (χ4v) is 3.44. The zero-order valence-electron chi connectivity index (χ0n) is 15.2. The number of carbonyl (C=O) groups excluding carboxylic acids is 1. The minimum absolute atomic E-state index is 0.00997. The Bertz CT molecular complexity index is 1090. The summed E-state index contributed by atoms with van der Waals surface area (Å²) in [7, 11) is 0. The maximum Gasteiger partial charge on any atom is 0.288 e. The number of hydrogen-bond acceptors (Lipinski definition) is 4. The van der Waals surface area contributed by atoms with E-state index in [1.165, 1.54) is 30.6 Å². The first-order chi connectivity index (χ1) is 14.4. The number of fused-ring (bicyclic) bond motifs is 1. The Kier molecular flexibility index (Phi) is 5.18. The molecule has 156 valence electrons. The Morgan fingerprint density at radius 1 is 1.13 bits per heavy atom. The van der Waals surface area contributed by atoms with Crippen LogP contribution in [0.25, 0.3) is 11.3 Å². The Morgan fingerprint density at radius 2 is 1.93 bits per heavy atom. The Balaban J connectivity index is 1.74. The lowest BCUT2D eigenvalue weighted by atomic mass is 10.1. The molecule has 0 bridgehead atoms. The highest BCUT2D eigenvalue weighted by atomic mass is 19.3. The number of rotatable bonds is 4. The van der Waals surface area contributed by atoms with Gasteiger partial charge in [-0.3, -0.25) is 9.69 Å². The number of carbonyl (C=O) groups is 1. The Labute approximate surface area is 166 Å². The molecule has 2 unspecified atom stereocenters. The van der Waals surface area contributed by atoms with E-state index in [9.17, 15) is 26.7 Å². The molecule has 0 fully saturated rings. The van der Waals surface area contributed by atoms with Crippen molar-refractivity contribution in [2.75, 3.05) is 4.90 Å². The van der Waals surface area contributed by atoms with Gasteiger partial charge in [0.1, 0.15) is 17.6 Å². The lowest BCUT2D eigenvalue weighted by Gasteiger charge is -2.28. The molecule has 1 aliphatic heterocycles. The molecule has 0 saturated heterocycles. The zero-order chi connectivity index (χ0) is 21.4. The van der Waals surface area contributed by atoms with Crippen molar-refractivity contribution in [1.29, 1.82) is 0 Å². The van der Waals surface area contributed by atoms with Gasteiger partial charge in [-0.05, 0) is 31.0 Å². The number of pyridine rings is 1. The minimum atomic E-state index is -3.49. The number of nitrogens with zero attached hydrogens (tertiary/aromatic N) is 5. The highest BCUT2D eigenvalue weighted by molar-refractivity contribution is 5.98. The largest absolute Gasteiger partial charge is 0.288 e. The van der Waals surface area contributed by atoms with E-state index in [1.54, 1.807) is 0 Å². The second-order valence-corrected chi connectivity index (χ2v) is 6.66. The molecular weight excluding hydrogens is 409 g/mol. The molecule has 3 aromatic rings. The molecule has 2 atom stereocenters. The molecule has 0 spiro atoms. The van der Waals surface area contributed by atoms with Crippen LogP contribution in [-0.4, -0.2) is 38.6 Å². The normalized spacial score (nSPS) is 17.7. The molecule has 1 aromatic carbocycles. The second kappa shape index (κ2) is 7.81. The number of benzene rings is 1. The quantitative estimate of drug-likeness (QED) is 0.365. The second-order valence-electron chi connectivity index (χ2n) is 6.66. The molecule has 0 radical (unpaired) electrons. The van der Waals surface area contributed by atoms with E-state index in [0.717, 1.165) is 16.8 Å². The molecule has 4 rings (SSSR count). The van der Waals surface area contributed by atoms with Gasteiger partial charge in [-0.1, -0.05) is 11.3 Å². The van der Waals surface area contributed by atoms with Crippen molar-refractivity contribution in [3.8, 4) is 11.3 Å². The van der Waals surface area contributed by atoms with Gasteiger partial charge in [0, 0.05) is 23.4 Å². The molecule has 0 saturated carbocycles. The van der Waals surface area contributed by atoms with Crippen LogP contribution >= 0.6 is 0 Å². The van der Waals surface area contributed by atoms with Crippen molar-refractivity contribution in [1.82, 2.24) is 20.0 Å². The summed E-state index contributed by atoms with van der Waals surface area (Å²) >= 11 is 0. The summed E-state index contributed by atoms with van der Waals surface area (Å²) in [6.45, 7) is 0. The summed E-state index contributed by atoms with van der Waals surface area (Å²) in [4.78, 5) is 16.7. The average Bonchev–Trinajstić information content (AvgIpc) is 3.14. The summed E-state index contributed by atoms with van der Waals surface area (Å²) in [6.07, 6.45) is -3.95. The zero-order valence-corrected chi connectivity index (χ0v) is 15.2. The molecule has 0 N–H and O–H groups in total. The predicted molar refractivity (Wildman–Crippen MR) is 95.4 cm³/mol. The van der Waals surface area contributed by atoms with Crippen molar-refractivity contribution in [2.45, 2.75) is 31.6 Å². The van der Waals surface area contributed by atoms with E-state index in [1.807, 2.05) is 0 Å². The Hall–Kier alpha value is -3.37. The highest BCUT2D eigenvalue weighted by Crippen LogP contribution is 2.36. The van der Waals surface area contributed by atoms with Gasteiger partial charge in [0.2, 0.25) is 12.2 Å².